The van der Waals surface area contributed by atoms with E-state index in [2.05, 4.69) is 30.5 Å². The molecule has 2 aromatic carbocycles. The number of hydrogen-bond donors (Lipinski definition) is 4. The Morgan fingerprint density at radius 1 is 1.03 bits per heavy atom. The number of aromatic nitrogens is 5. The molecule has 1 atom stereocenters. The first kappa shape index (κ1) is 26.2. The van der Waals surface area contributed by atoms with Crippen molar-refractivity contribution < 1.29 is 19.4 Å². The van der Waals surface area contributed by atoms with Crippen molar-refractivity contribution >= 4 is 34.2 Å². The molecular formula is C28H24ClFN6O3. The normalized spacial score (nSPS) is 12.5. The van der Waals surface area contributed by atoms with Crippen molar-refractivity contribution in [3.8, 4) is 22.4 Å². The molecule has 0 saturated carbocycles. The molecule has 0 amide bonds. The van der Waals surface area contributed by atoms with Crippen LogP contribution in [-0.2, 0) is 5.60 Å². The van der Waals surface area contributed by atoms with Crippen LogP contribution in [0.25, 0.3) is 33.3 Å². The molecule has 5 aromatic rings. The highest BCUT2D eigenvalue weighted by Crippen LogP contribution is 2.36. The van der Waals surface area contributed by atoms with Gasteiger partial charge in [-0.2, -0.15) is 5.10 Å². The Kier molecular flexibility index (Phi) is 6.75. The van der Waals surface area contributed by atoms with Crippen molar-refractivity contribution in [2.45, 2.75) is 32.4 Å². The summed E-state index contributed by atoms with van der Waals surface area (Å²) in [7, 11) is 0. The zero-order valence-corrected chi connectivity index (χ0v) is 22.0. The second kappa shape index (κ2) is 10.0. The number of rotatable bonds is 7. The van der Waals surface area contributed by atoms with Crippen LogP contribution in [0.15, 0.2) is 61.1 Å². The van der Waals surface area contributed by atoms with E-state index in [-0.39, 0.29) is 5.69 Å². The van der Waals surface area contributed by atoms with E-state index in [1.165, 1.54) is 18.3 Å². The molecule has 0 aliphatic rings. The van der Waals surface area contributed by atoms with Crippen LogP contribution in [0.4, 0.5) is 10.1 Å². The number of nitrogens with one attached hydrogen (secondary N) is 2. The smallest absolute Gasteiger partial charge is 0.353 e. The number of aliphatic hydroxyl groups is 1. The maximum atomic E-state index is 14.9. The van der Waals surface area contributed by atoms with E-state index in [1.54, 1.807) is 45.3 Å². The molecule has 198 valence electrons. The fourth-order valence-electron chi connectivity index (χ4n) is 4.20. The van der Waals surface area contributed by atoms with Crippen molar-refractivity contribution in [3.05, 3.63) is 89.0 Å². The van der Waals surface area contributed by atoms with Gasteiger partial charge in [0, 0.05) is 40.7 Å². The molecule has 0 bridgehead atoms. The van der Waals surface area contributed by atoms with E-state index in [0.29, 0.717) is 44.3 Å². The van der Waals surface area contributed by atoms with Crippen LogP contribution in [0.2, 0.25) is 5.02 Å². The standard InChI is InChI=1S/C28H24ClFN6O3/c1-14(18-9-16(4-6-21(18)30)23-10-24(26(37)38)36-35-23)34-25-19-8-15(5-7-22(19)31-13-20(25)29)17-11-32-27(33-12-17)28(2,3)39/h4-14,39H,1-3H3,(H,31,34)(H,35,36)(H,37,38). The van der Waals surface area contributed by atoms with Gasteiger partial charge in [0.25, 0.3) is 0 Å². The van der Waals surface area contributed by atoms with Gasteiger partial charge in [0.2, 0.25) is 0 Å². The van der Waals surface area contributed by atoms with Crippen LogP contribution in [0, 0.1) is 5.82 Å². The lowest BCUT2D eigenvalue weighted by Gasteiger charge is -2.20. The minimum atomic E-state index is -1.16. The summed E-state index contributed by atoms with van der Waals surface area (Å²) in [5.74, 6) is -1.26. The van der Waals surface area contributed by atoms with Gasteiger partial charge < -0.3 is 15.5 Å². The minimum absolute atomic E-state index is 0.0620. The third-order valence-corrected chi connectivity index (χ3v) is 6.57. The summed E-state index contributed by atoms with van der Waals surface area (Å²) < 4.78 is 14.9. The van der Waals surface area contributed by atoms with Gasteiger partial charge in [-0.05, 0) is 62.7 Å². The fourth-order valence-corrected chi connectivity index (χ4v) is 4.40. The molecule has 0 saturated heterocycles. The second-order valence-electron chi connectivity index (χ2n) is 9.64. The SMILES string of the molecule is CC(Nc1c(Cl)cnc2ccc(-c3cnc(C(C)(C)O)nc3)cc12)c1cc(-c2cc(C(=O)O)[nH]n2)ccc1F. The highest BCUT2D eigenvalue weighted by atomic mass is 35.5. The number of aromatic amines is 1. The lowest BCUT2D eigenvalue weighted by molar-refractivity contribution is 0.0681. The van der Waals surface area contributed by atoms with E-state index in [0.717, 1.165) is 11.1 Å². The first-order chi connectivity index (χ1) is 18.5. The molecule has 11 heteroatoms. The molecule has 1 unspecified atom stereocenters. The number of pyridine rings is 1. The first-order valence-corrected chi connectivity index (χ1v) is 12.4. The Bertz CT molecular complexity index is 1700. The van der Waals surface area contributed by atoms with Crippen molar-refractivity contribution in [1.82, 2.24) is 25.1 Å². The number of carboxylic acids is 1. The molecule has 0 aliphatic heterocycles. The summed E-state index contributed by atoms with van der Waals surface area (Å²) in [5, 5.41) is 30.2. The number of benzene rings is 2. The number of nitrogens with zero attached hydrogens (tertiary/aromatic N) is 4. The van der Waals surface area contributed by atoms with Crippen LogP contribution in [0.1, 0.15) is 48.7 Å². The molecule has 39 heavy (non-hydrogen) atoms. The third kappa shape index (κ3) is 5.29. The number of anilines is 1. The molecule has 4 N–H and O–H groups in total. The van der Waals surface area contributed by atoms with Crippen molar-refractivity contribution in [1.29, 1.82) is 0 Å². The van der Waals surface area contributed by atoms with E-state index < -0.39 is 23.4 Å². The minimum Gasteiger partial charge on any atom is -0.477 e. The Labute approximate surface area is 227 Å². The van der Waals surface area contributed by atoms with E-state index in [9.17, 15) is 14.3 Å². The Morgan fingerprint density at radius 3 is 2.41 bits per heavy atom. The van der Waals surface area contributed by atoms with Gasteiger partial charge in [0.15, 0.2) is 5.82 Å². The summed E-state index contributed by atoms with van der Waals surface area (Å²) in [5.41, 5.74) is 2.87. The summed E-state index contributed by atoms with van der Waals surface area (Å²) in [6.45, 7) is 5.03. The van der Waals surface area contributed by atoms with Crippen LogP contribution in [-0.4, -0.2) is 41.3 Å². The molecule has 0 radical (unpaired) electrons. The van der Waals surface area contributed by atoms with Gasteiger partial charge >= 0.3 is 5.97 Å². The summed E-state index contributed by atoms with van der Waals surface area (Å²) >= 11 is 6.56. The lowest BCUT2D eigenvalue weighted by atomic mass is 10.0. The van der Waals surface area contributed by atoms with Gasteiger partial charge in [-0.15, -0.1) is 0 Å². The van der Waals surface area contributed by atoms with Crippen molar-refractivity contribution in [2.75, 3.05) is 5.32 Å². The fraction of sp³-hybridized carbons (Fsp3) is 0.179. The van der Waals surface area contributed by atoms with Gasteiger partial charge in [0.1, 0.15) is 17.1 Å². The largest absolute Gasteiger partial charge is 0.477 e. The molecule has 3 heterocycles. The molecule has 9 nitrogen and oxygen atoms in total. The quantitative estimate of drug-likeness (QED) is 0.196. The lowest BCUT2D eigenvalue weighted by Crippen LogP contribution is -2.19. The van der Waals surface area contributed by atoms with Gasteiger partial charge in [-0.3, -0.25) is 10.1 Å². The molecule has 0 aliphatic carbocycles. The van der Waals surface area contributed by atoms with Crippen LogP contribution >= 0.6 is 11.6 Å². The maximum Gasteiger partial charge on any atom is 0.353 e. The molecule has 0 spiro atoms. The monoisotopic (exact) mass is 546 g/mol. The average molecular weight is 547 g/mol. The predicted octanol–water partition coefficient (Wildman–Crippen LogP) is 5.97. The highest BCUT2D eigenvalue weighted by Gasteiger charge is 2.20. The van der Waals surface area contributed by atoms with Crippen molar-refractivity contribution in [2.24, 2.45) is 0 Å². The molecule has 3 aromatic heterocycles. The van der Waals surface area contributed by atoms with Crippen LogP contribution in [0.5, 0.6) is 0 Å². The van der Waals surface area contributed by atoms with E-state index >= 15 is 0 Å². The number of carboxylic acid groups (broad SMARTS) is 1. The number of hydrogen-bond acceptors (Lipinski definition) is 7. The maximum absolute atomic E-state index is 14.9. The van der Waals surface area contributed by atoms with Gasteiger partial charge in [0.05, 0.1) is 28.0 Å². The molecule has 5 rings (SSSR count). The Hall–Kier alpha value is -4.41. The summed E-state index contributed by atoms with van der Waals surface area (Å²) in [6, 6.07) is 11.0. The van der Waals surface area contributed by atoms with Gasteiger partial charge in [-0.25, -0.2) is 19.2 Å². The van der Waals surface area contributed by atoms with Crippen LogP contribution < -0.4 is 5.32 Å². The number of aromatic carboxylic acids is 1. The van der Waals surface area contributed by atoms with E-state index in [4.69, 9.17) is 16.7 Å². The number of fused-ring (bicyclic) bond motifs is 1. The van der Waals surface area contributed by atoms with Gasteiger partial charge in [-0.1, -0.05) is 17.7 Å². The third-order valence-electron chi connectivity index (χ3n) is 6.28. The number of carbonyl (C=O) groups is 1. The molecule has 0 fully saturated rings. The zero-order valence-electron chi connectivity index (χ0n) is 21.2. The second-order valence-corrected chi connectivity index (χ2v) is 10.0. The average Bonchev–Trinajstić information content (AvgIpc) is 3.41. The van der Waals surface area contributed by atoms with Crippen LogP contribution in [0.3, 0.4) is 0 Å². The zero-order chi connectivity index (χ0) is 27.9. The molecular weight excluding hydrogens is 523 g/mol. The predicted molar refractivity (Wildman–Crippen MR) is 146 cm³/mol. The highest BCUT2D eigenvalue weighted by molar-refractivity contribution is 6.34. The number of H-pyrrole nitrogens is 1. The Balaban J connectivity index is 1.50. The summed E-state index contributed by atoms with van der Waals surface area (Å²) in [4.78, 5) is 24.2. The summed E-state index contributed by atoms with van der Waals surface area (Å²) in [6.07, 6.45) is 4.81. The topological polar surface area (TPSA) is 137 Å². The first-order valence-electron chi connectivity index (χ1n) is 12.0. The Morgan fingerprint density at radius 2 is 1.74 bits per heavy atom. The number of halogens is 2. The van der Waals surface area contributed by atoms with Crippen molar-refractivity contribution in [3.63, 3.8) is 0 Å². The van der Waals surface area contributed by atoms with E-state index in [1.807, 2.05) is 18.2 Å².